The van der Waals surface area contributed by atoms with Crippen LogP contribution in [0, 0.1) is 12.7 Å². The number of carbonyl (C=O) groups excluding carboxylic acids is 1. The van der Waals surface area contributed by atoms with Gasteiger partial charge in [0, 0.05) is 25.9 Å². The Balaban J connectivity index is 2.25. The van der Waals surface area contributed by atoms with Gasteiger partial charge in [0.1, 0.15) is 5.82 Å². The van der Waals surface area contributed by atoms with E-state index in [-0.39, 0.29) is 11.4 Å². The number of nitrogens with zero attached hydrogens (tertiary/aromatic N) is 3. The molecule has 1 amide bonds. The van der Waals surface area contributed by atoms with E-state index < -0.39 is 11.7 Å². The quantitative estimate of drug-likeness (QED) is 0.896. The fraction of sp³-hybridized carbons (Fsp3) is 0.308. The van der Waals surface area contributed by atoms with Crippen LogP contribution >= 0.6 is 0 Å². The molecular weight excluding hydrogens is 261 g/mol. The maximum Gasteiger partial charge on any atom is 0.259 e. The predicted molar refractivity (Wildman–Crippen MR) is 74.3 cm³/mol. The van der Waals surface area contributed by atoms with Crippen LogP contribution in [0.25, 0.3) is 0 Å². The number of hydrogen-bond donors (Lipinski definition) is 2. The van der Waals surface area contributed by atoms with Crippen LogP contribution in [-0.2, 0) is 7.05 Å². The Hall–Kier alpha value is -2.44. The highest BCUT2D eigenvalue weighted by atomic mass is 19.1. The lowest BCUT2D eigenvalue weighted by Gasteiger charge is -2.09. The predicted octanol–water partition coefficient (Wildman–Crippen LogP) is 1.95. The van der Waals surface area contributed by atoms with Crippen LogP contribution in [0.15, 0.2) is 18.3 Å². The van der Waals surface area contributed by atoms with Gasteiger partial charge >= 0.3 is 0 Å². The summed E-state index contributed by atoms with van der Waals surface area (Å²) in [4.78, 5) is 16.0. The third kappa shape index (κ3) is 2.76. The molecule has 0 spiro atoms. The van der Waals surface area contributed by atoms with Crippen molar-refractivity contribution in [2.75, 3.05) is 17.2 Å². The van der Waals surface area contributed by atoms with Crippen molar-refractivity contribution in [2.24, 2.45) is 7.05 Å². The molecule has 0 fully saturated rings. The molecule has 2 N–H and O–H groups in total. The Labute approximate surface area is 116 Å². The third-order valence-corrected chi connectivity index (χ3v) is 2.72. The normalized spacial score (nSPS) is 10.4. The summed E-state index contributed by atoms with van der Waals surface area (Å²) in [7, 11) is 1.70. The number of rotatable bonds is 4. The number of anilines is 2. The molecule has 2 aromatic heterocycles. The number of hydrogen-bond acceptors (Lipinski definition) is 4. The molecule has 0 atom stereocenters. The lowest BCUT2D eigenvalue weighted by molar-refractivity contribution is 0.102. The second-order valence-corrected chi connectivity index (χ2v) is 4.30. The van der Waals surface area contributed by atoms with Crippen LogP contribution in [0.1, 0.15) is 23.0 Å². The molecule has 6 nitrogen and oxygen atoms in total. The number of pyridine rings is 1. The fourth-order valence-electron chi connectivity index (χ4n) is 1.82. The van der Waals surface area contributed by atoms with E-state index in [1.807, 2.05) is 13.8 Å². The highest BCUT2D eigenvalue weighted by Gasteiger charge is 2.17. The second kappa shape index (κ2) is 5.68. The molecule has 106 valence electrons. The van der Waals surface area contributed by atoms with Gasteiger partial charge in [0.2, 0.25) is 0 Å². The summed E-state index contributed by atoms with van der Waals surface area (Å²) >= 11 is 0. The highest BCUT2D eigenvalue weighted by molar-refractivity contribution is 6.04. The average Bonchev–Trinajstić information content (AvgIpc) is 2.70. The van der Waals surface area contributed by atoms with Crippen molar-refractivity contribution >= 4 is 17.5 Å². The van der Waals surface area contributed by atoms with E-state index >= 15 is 0 Å². The monoisotopic (exact) mass is 277 g/mol. The van der Waals surface area contributed by atoms with Gasteiger partial charge in [0.25, 0.3) is 5.91 Å². The first kappa shape index (κ1) is 14.0. The van der Waals surface area contributed by atoms with Crippen molar-refractivity contribution in [1.29, 1.82) is 0 Å². The van der Waals surface area contributed by atoms with Crippen molar-refractivity contribution < 1.29 is 9.18 Å². The molecule has 2 heterocycles. The zero-order chi connectivity index (χ0) is 14.7. The van der Waals surface area contributed by atoms with E-state index in [9.17, 15) is 9.18 Å². The first-order valence-corrected chi connectivity index (χ1v) is 6.23. The van der Waals surface area contributed by atoms with Crippen molar-refractivity contribution in [3.8, 4) is 0 Å². The average molecular weight is 277 g/mol. The number of carbonyl (C=O) groups is 1. The molecule has 0 saturated heterocycles. The van der Waals surface area contributed by atoms with Gasteiger partial charge in [-0.05, 0) is 19.9 Å². The molecule has 0 aliphatic rings. The van der Waals surface area contributed by atoms with E-state index in [2.05, 4.69) is 20.7 Å². The number of amides is 1. The molecule has 2 aromatic rings. The summed E-state index contributed by atoms with van der Waals surface area (Å²) in [5.74, 6) is -0.618. The van der Waals surface area contributed by atoms with Crippen LogP contribution in [0.2, 0.25) is 0 Å². The Bertz CT molecular complexity index is 638. The second-order valence-electron chi connectivity index (χ2n) is 4.30. The van der Waals surface area contributed by atoms with Crippen molar-refractivity contribution in [2.45, 2.75) is 13.8 Å². The third-order valence-electron chi connectivity index (χ3n) is 2.72. The summed E-state index contributed by atoms with van der Waals surface area (Å²) < 4.78 is 15.6. The summed E-state index contributed by atoms with van der Waals surface area (Å²) in [6.45, 7) is 4.16. The van der Waals surface area contributed by atoms with Crippen molar-refractivity contribution in [3.05, 3.63) is 35.4 Å². The van der Waals surface area contributed by atoms with Crippen LogP contribution < -0.4 is 10.6 Å². The Morgan fingerprint density at radius 2 is 2.25 bits per heavy atom. The van der Waals surface area contributed by atoms with Gasteiger partial charge in [-0.3, -0.25) is 9.48 Å². The number of nitrogens with one attached hydrogen (secondary N) is 2. The molecule has 0 saturated carbocycles. The van der Waals surface area contributed by atoms with Crippen LogP contribution in [0.4, 0.5) is 16.0 Å². The first-order valence-electron chi connectivity index (χ1n) is 6.23. The van der Waals surface area contributed by atoms with E-state index in [0.29, 0.717) is 12.4 Å². The smallest absolute Gasteiger partial charge is 0.259 e. The molecule has 2 rings (SSSR count). The molecular formula is C13H16FN5O. The van der Waals surface area contributed by atoms with Crippen molar-refractivity contribution in [3.63, 3.8) is 0 Å². The number of aromatic nitrogens is 3. The van der Waals surface area contributed by atoms with E-state index in [1.54, 1.807) is 13.1 Å². The minimum atomic E-state index is -0.661. The zero-order valence-corrected chi connectivity index (χ0v) is 11.6. The van der Waals surface area contributed by atoms with Gasteiger partial charge in [-0.15, -0.1) is 0 Å². The molecule has 0 bridgehead atoms. The number of halogens is 1. The fourth-order valence-corrected chi connectivity index (χ4v) is 1.82. The first-order chi connectivity index (χ1) is 9.52. The van der Waals surface area contributed by atoms with Crippen LogP contribution in [0.5, 0.6) is 0 Å². The molecule has 0 unspecified atom stereocenters. The minimum Gasteiger partial charge on any atom is -0.368 e. The summed E-state index contributed by atoms with van der Waals surface area (Å²) in [6, 6.07) is 3.05. The minimum absolute atomic E-state index is 0.0604. The molecule has 0 radical (unpaired) electrons. The summed E-state index contributed by atoms with van der Waals surface area (Å²) in [6.07, 6.45) is 1.39. The largest absolute Gasteiger partial charge is 0.368 e. The topological polar surface area (TPSA) is 71.8 Å². The van der Waals surface area contributed by atoms with Gasteiger partial charge < -0.3 is 10.6 Å². The van der Waals surface area contributed by atoms with E-state index in [0.717, 1.165) is 5.69 Å². The van der Waals surface area contributed by atoms with Gasteiger partial charge in [-0.2, -0.15) is 5.10 Å². The zero-order valence-electron chi connectivity index (χ0n) is 11.6. The Morgan fingerprint density at radius 3 is 2.85 bits per heavy atom. The van der Waals surface area contributed by atoms with Crippen LogP contribution in [-0.4, -0.2) is 27.2 Å². The molecule has 20 heavy (non-hydrogen) atoms. The lowest BCUT2D eigenvalue weighted by atomic mass is 10.2. The molecule has 0 aromatic carbocycles. The van der Waals surface area contributed by atoms with Crippen LogP contribution in [0.3, 0.4) is 0 Å². The number of aryl methyl sites for hydroxylation is 2. The van der Waals surface area contributed by atoms with E-state index in [4.69, 9.17) is 0 Å². The lowest BCUT2D eigenvalue weighted by Crippen LogP contribution is -2.17. The maximum atomic E-state index is 14.1. The van der Waals surface area contributed by atoms with Gasteiger partial charge in [0.05, 0.1) is 11.3 Å². The van der Waals surface area contributed by atoms with Crippen molar-refractivity contribution in [1.82, 2.24) is 14.8 Å². The van der Waals surface area contributed by atoms with Gasteiger partial charge in [0.15, 0.2) is 11.6 Å². The summed E-state index contributed by atoms with van der Waals surface area (Å²) in [5, 5.41) is 9.50. The molecule has 7 heteroatoms. The SMILES string of the molecule is CCNc1nccc(C(=O)Nc2cc(C)nn2C)c1F. The van der Waals surface area contributed by atoms with E-state index in [1.165, 1.54) is 16.9 Å². The maximum absolute atomic E-state index is 14.1. The standard InChI is InChI=1S/C13H16FN5O/c1-4-15-12-11(14)9(5-6-16-12)13(20)17-10-7-8(2)18-19(10)3/h5-7H,4H2,1-3H3,(H,15,16)(H,17,20). The highest BCUT2D eigenvalue weighted by Crippen LogP contribution is 2.17. The molecule has 0 aliphatic carbocycles. The summed E-state index contributed by atoms with van der Waals surface area (Å²) in [5.41, 5.74) is 0.709. The molecule has 0 aliphatic heterocycles. The Morgan fingerprint density at radius 1 is 1.50 bits per heavy atom. The Kier molecular flexibility index (Phi) is 3.97. The van der Waals surface area contributed by atoms with Gasteiger partial charge in [-0.1, -0.05) is 0 Å². The van der Waals surface area contributed by atoms with Gasteiger partial charge in [-0.25, -0.2) is 9.37 Å².